The van der Waals surface area contributed by atoms with Gasteiger partial charge in [-0.1, -0.05) is 0 Å². The molecule has 1 aromatic rings. The van der Waals surface area contributed by atoms with Gasteiger partial charge < -0.3 is 4.84 Å². The molecular formula is C4H5N2O. The molecule has 3 nitrogen and oxygen atoms in total. The van der Waals surface area contributed by atoms with Crippen LogP contribution in [0.25, 0.3) is 0 Å². The highest BCUT2D eigenvalue weighted by atomic mass is 16.6. The third-order valence-electron chi connectivity index (χ3n) is 0.630. The Balaban J connectivity index is 2.76. The second kappa shape index (κ2) is 1.64. The molecule has 0 aliphatic heterocycles. The number of hydrogen-bond acceptors (Lipinski definition) is 2. The predicted molar refractivity (Wildman–Crippen MR) is 23.6 cm³/mol. The molecule has 0 atom stereocenters. The molecule has 0 aromatic carbocycles. The van der Waals surface area contributed by atoms with Gasteiger partial charge in [-0.3, -0.25) is 0 Å². The lowest BCUT2D eigenvalue weighted by molar-refractivity contribution is 0.164. The molecule has 0 saturated heterocycles. The Hall–Kier alpha value is -0.990. The van der Waals surface area contributed by atoms with Gasteiger partial charge in [0.15, 0.2) is 0 Å². The summed E-state index contributed by atoms with van der Waals surface area (Å²) in [5.41, 5.74) is 0. The van der Waals surface area contributed by atoms with Crippen LogP contribution in [0.2, 0.25) is 0 Å². The standard InChI is InChI=1S/C4H5N2O/c1-7-6-3-2-5-4-6/h2-3H,1H3. The van der Waals surface area contributed by atoms with E-state index in [-0.39, 0.29) is 0 Å². The fourth-order valence-corrected chi connectivity index (χ4v) is 0.319. The van der Waals surface area contributed by atoms with Crippen molar-refractivity contribution in [1.82, 2.24) is 9.71 Å². The number of imidazole rings is 1. The molecule has 7 heavy (non-hydrogen) atoms. The van der Waals surface area contributed by atoms with Crippen LogP contribution in [0.4, 0.5) is 0 Å². The average Bonchev–Trinajstić information content (AvgIpc) is 2.14. The summed E-state index contributed by atoms with van der Waals surface area (Å²) in [4.78, 5) is 8.26. The number of rotatable bonds is 1. The summed E-state index contributed by atoms with van der Waals surface area (Å²) < 4.78 is 1.39. The van der Waals surface area contributed by atoms with Gasteiger partial charge in [0.2, 0.25) is 6.33 Å². The smallest absolute Gasteiger partial charge is 0.214 e. The van der Waals surface area contributed by atoms with E-state index >= 15 is 0 Å². The molecule has 0 fully saturated rings. The van der Waals surface area contributed by atoms with Crippen LogP contribution in [0.5, 0.6) is 0 Å². The molecule has 1 heterocycles. The van der Waals surface area contributed by atoms with E-state index in [0.29, 0.717) is 0 Å². The maximum Gasteiger partial charge on any atom is 0.214 e. The Morgan fingerprint density at radius 2 is 2.71 bits per heavy atom. The fraction of sp³-hybridized carbons (Fsp3) is 0.250. The molecule has 1 rings (SSSR count). The first-order valence-corrected chi connectivity index (χ1v) is 1.89. The Morgan fingerprint density at radius 1 is 1.86 bits per heavy atom. The highest BCUT2D eigenvalue weighted by molar-refractivity contribution is 4.67. The summed E-state index contributed by atoms with van der Waals surface area (Å²) in [5, 5.41) is 0. The predicted octanol–water partition coefficient (Wildman–Crippen LogP) is -0.258. The molecule has 0 bridgehead atoms. The largest absolute Gasteiger partial charge is 0.415 e. The number of aromatic nitrogens is 2. The van der Waals surface area contributed by atoms with Crippen molar-refractivity contribution in [2.24, 2.45) is 0 Å². The Bertz CT molecular complexity index is 124. The molecule has 0 amide bonds. The van der Waals surface area contributed by atoms with Crippen LogP contribution < -0.4 is 4.84 Å². The van der Waals surface area contributed by atoms with Crippen molar-refractivity contribution >= 4 is 0 Å². The minimum atomic E-state index is 1.39. The first-order valence-electron chi connectivity index (χ1n) is 1.89. The summed E-state index contributed by atoms with van der Waals surface area (Å²) >= 11 is 0. The van der Waals surface area contributed by atoms with Crippen molar-refractivity contribution in [2.45, 2.75) is 0 Å². The summed E-state index contributed by atoms with van der Waals surface area (Å²) in [6.07, 6.45) is 5.80. The van der Waals surface area contributed by atoms with Crippen molar-refractivity contribution in [3.8, 4) is 0 Å². The number of hydrogen-bond donors (Lipinski definition) is 0. The molecule has 0 aliphatic carbocycles. The normalized spacial score (nSPS) is 8.71. The Morgan fingerprint density at radius 3 is 3.00 bits per heavy atom. The van der Waals surface area contributed by atoms with Gasteiger partial charge in [-0.15, -0.1) is 0 Å². The second-order valence-corrected chi connectivity index (χ2v) is 1.04. The van der Waals surface area contributed by atoms with Crippen LogP contribution in [-0.4, -0.2) is 16.8 Å². The molecule has 0 spiro atoms. The van der Waals surface area contributed by atoms with E-state index in [4.69, 9.17) is 0 Å². The van der Waals surface area contributed by atoms with E-state index in [2.05, 4.69) is 16.1 Å². The van der Waals surface area contributed by atoms with Crippen molar-refractivity contribution in [2.75, 3.05) is 7.11 Å². The van der Waals surface area contributed by atoms with Crippen molar-refractivity contribution in [3.63, 3.8) is 0 Å². The van der Waals surface area contributed by atoms with E-state index in [9.17, 15) is 0 Å². The highest BCUT2D eigenvalue weighted by Gasteiger charge is 1.79. The maximum absolute atomic E-state index is 4.65. The molecule has 0 aliphatic rings. The van der Waals surface area contributed by atoms with Gasteiger partial charge in [0.1, 0.15) is 7.11 Å². The van der Waals surface area contributed by atoms with E-state index in [1.807, 2.05) is 0 Å². The maximum atomic E-state index is 4.65. The van der Waals surface area contributed by atoms with Crippen molar-refractivity contribution in [3.05, 3.63) is 18.7 Å². The highest BCUT2D eigenvalue weighted by Crippen LogP contribution is 1.74. The van der Waals surface area contributed by atoms with Crippen LogP contribution in [-0.2, 0) is 0 Å². The molecule has 0 saturated carbocycles. The zero-order chi connectivity index (χ0) is 5.11. The monoisotopic (exact) mass is 97.0 g/mol. The lowest BCUT2D eigenvalue weighted by Crippen LogP contribution is -2.00. The van der Waals surface area contributed by atoms with Gasteiger partial charge in [0, 0.05) is 6.20 Å². The van der Waals surface area contributed by atoms with E-state index < -0.39 is 0 Å². The summed E-state index contributed by atoms with van der Waals surface area (Å²) in [5.74, 6) is 0. The van der Waals surface area contributed by atoms with Crippen LogP contribution in [0.3, 0.4) is 0 Å². The molecule has 3 heteroatoms. The second-order valence-electron chi connectivity index (χ2n) is 1.04. The van der Waals surface area contributed by atoms with Crippen LogP contribution in [0.15, 0.2) is 12.4 Å². The summed E-state index contributed by atoms with van der Waals surface area (Å²) in [6, 6.07) is 0. The zero-order valence-corrected chi connectivity index (χ0v) is 3.96. The molecular weight excluding hydrogens is 92.1 g/mol. The Kier molecular flexibility index (Phi) is 0.978. The van der Waals surface area contributed by atoms with Crippen molar-refractivity contribution < 1.29 is 4.84 Å². The topological polar surface area (TPSA) is 27.1 Å². The Labute approximate surface area is 41.5 Å². The summed E-state index contributed by atoms with van der Waals surface area (Å²) in [7, 11) is 1.55. The first-order chi connectivity index (χ1) is 3.43. The first kappa shape index (κ1) is 4.18. The van der Waals surface area contributed by atoms with Gasteiger partial charge in [-0.05, 0) is 0 Å². The molecule has 0 unspecified atom stereocenters. The third-order valence-corrected chi connectivity index (χ3v) is 0.630. The molecule has 1 aromatic heterocycles. The number of nitrogens with zero attached hydrogens (tertiary/aromatic N) is 2. The van der Waals surface area contributed by atoms with Crippen LogP contribution >= 0.6 is 0 Å². The lowest BCUT2D eigenvalue weighted by Gasteiger charge is -1.91. The minimum Gasteiger partial charge on any atom is -0.415 e. The SMILES string of the molecule is COn1[c]ncc1. The fourth-order valence-electron chi connectivity index (χ4n) is 0.319. The van der Waals surface area contributed by atoms with Gasteiger partial charge in [-0.2, -0.15) is 4.73 Å². The lowest BCUT2D eigenvalue weighted by atomic mass is 11.0. The summed E-state index contributed by atoms with van der Waals surface area (Å²) in [6.45, 7) is 0. The average molecular weight is 97.1 g/mol. The van der Waals surface area contributed by atoms with E-state index in [1.54, 1.807) is 19.5 Å². The molecule has 1 radical (unpaired) electrons. The van der Waals surface area contributed by atoms with Gasteiger partial charge in [0.05, 0.1) is 6.20 Å². The van der Waals surface area contributed by atoms with Gasteiger partial charge in [0.25, 0.3) is 0 Å². The van der Waals surface area contributed by atoms with Gasteiger partial charge in [-0.25, -0.2) is 4.98 Å². The molecule has 0 N–H and O–H groups in total. The van der Waals surface area contributed by atoms with E-state index in [0.717, 1.165) is 0 Å². The quantitative estimate of drug-likeness (QED) is 0.482. The third kappa shape index (κ3) is 0.707. The van der Waals surface area contributed by atoms with Crippen LogP contribution in [0, 0.1) is 6.33 Å². The molecule has 37 valence electrons. The minimum absolute atomic E-state index is 1.39. The van der Waals surface area contributed by atoms with Crippen LogP contribution in [0.1, 0.15) is 0 Å². The van der Waals surface area contributed by atoms with Gasteiger partial charge >= 0.3 is 0 Å². The van der Waals surface area contributed by atoms with Crippen molar-refractivity contribution in [1.29, 1.82) is 0 Å². The van der Waals surface area contributed by atoms with E-state index in [1.165, 1.54) is 4.73 Å². The zero-order valence-electron chi connectivity index (χ0n) is 3.96.